The van der Waals surface area contributed by atoms with E-state index in [0.717, 1.165) is 41.6 Å². The van der Waals surface area contributed by atoms with Crippen LogP contribution in [0.2, 0.25) is 0 Å². The fourth-order valence-electron chi connectivity index (χ4n) is 4.09. The number of nitrogens with zero attached hydrogens (tertiary/aromatic N) is 1. The minimum absolute atomic E-state index is 0.281. The van der Waals surface area contributed by atoms with Crippen LogP contribution in [0.25, 0.3) is 11.0 Å². The average molecular weight is 385 g/mol. The summed E-state index contributed by atoms with van der Waals surface area (Å²) in [4.78, 5) is 2.52. The third kappa shape index (κ3) is 4.17. The second-order valence-electron chi connectivity index (χ2n) is 8.47. The molecule has 0 spiro atoms. The van der Waals surface area contributed by atoms with Gasteiger partial charge in [-0.3, -0.25) is 0 Å². The molecule has 2 fully saturated rings. The van der Waals surface area contributed by atoms with Crippen molar-refractivity contribution in [1.82, 2.24) is 4.90 Å². The lowest BCUT2D eigenvalue weighted by molar-refractivity contribution is -0.0118. The van der Waals surface area contributed by atoms with E-state index in [1.807, 2.05) is 13.8 Å². The lowest BCUT2D eigenvalue weighted by Gasteiger charge is -2.35. The Morgan fingerprint density at radius 1 is 1.04 bits per heavy atom. The van der Waals surface area contributed by atoms with Crippen molar-refractivity contribution >= 4 is 23.6 Å². The van der Waals surface area contributed by atoms with Gasteiger partial charge in [0.1, 0.15) is 11.3 Å². The van der Waals surface area contributed by atoms with E-state index in [0.29, 0.717) is 0 Å². The lowest BCUT2D eigenvalue weighted by Crippen LogP contribution is -2.44. The van der Waals surface area contributed by atoms with Gasteiger partial charge in [-0.05, 0) is 70.7 Å². The Labute approximate surface area is 170 Å². The summed E-state index contributed by atoms with van der Waals surface area (Å²) in [7, 11) is -0.336. The molecule has 154 valence electrons. The first kappa shape index (κ1) is 21.4. The molecule has 2 aromatic rings. The predicted molar refractivity (Wildman–Crippen MR) is 117 cm³/mol. The summed E-state index contributed by atoms with van der Waals surface area (Å²) < 4.78 is 18.7. The SMILES string of the molecule is CC.CCC1(C)OB(c2ccc3cc(CCN4CCCC4)oc3c2)OC1(C)C. The van der Waals surface area contributed by atoms with Crippen molar-refractivity contribution in [1.29, 1.82) is 0 Å². The van der Waals surface area contributed by atoms with Crippen LogP contribution >= 0.6 is 0 Å². The first-order valence-electron chi connectivity index (χ1n) is 11.0. The highest BCUT2D eigenvalue weighted by Gasteiger charge is 2.53. The van der Waals surface area contributed by atoms with E-state index in [1.165, 1.54) is 25.9 Å². The topological polar surface area (TPSA) is 34.8 Å². The van der Waals surface area contributed by atoms with Crippen LogP contribution in [-0.2, 0) is 15.7 Å². The van der Waals surface area contributed by atoms with E-state index >= 15 is 0 Å². The molecule has 0 N–H and O–H groups in total. The van der Waals surface area contributed by atoms with Crippen molar-refractivity contribution in [2.24, 2.45) is 0 Å². The normalized spacial score (nSPS) is 24.6. The van der Waals surface area contributed by atoms with Gasteiger partial charge in [-0.25, -0.2) is 0 Å². The van der Waals surface area contributed by atoms with E-state index < -0.39 is 0 Å². The molecule has 1 aromatic carbocycles. The Balaban J connectivity index is 0.00000109. The van der Waals surface area contributed by atoms with Gasteiger partial charge in [0.25, 0.3) is 0 Å². The molecule has 2 saturated heterocycles. The van der Waals surface area contributed by atoms with Crippen LogP contribution in [0.15, 0.2) is 28.7 Å². The van der Waals surface area contributed by atoms with Gasteiger partial charge in [0.15, 0.2) is 0 Å². The minimum Gasteiger partial charge on any atom is -0.461 e. The summed E-state index contributed by atoms with van der Waals surface area (Å²) in [5.74, 6) is 1.07. The molecule has 0 radical (unpaired) electrons. The zero-order chi connectivity index (χ0) is 20.4. The number of furan rings is 1. The highest BCUT2D eigenvalue weighted by molar-refractivity contribution is 6.62. The highest BCUT2D eigenvalue weighted by Crippen LogP contribution is 2.39. The molecule has 1 atom stereocenters. The minimum atomic E-state index is -0.336. The summed E-state index contributed by atoms with van der Waals surface area (Å²) in [6, 6.07) is 8.47. The molecule has 28 heavy (non-hydrogen) atoms. The summed E-state index contributed by atoms with van der Waals surface area (Å²) in [5, 5.41) is 1.15. The van der Waals surface area contributed by atoms with E-state index in [-0.39, 0.29) is 18.3 Å². The maximum atomic E-state index is 6.30. The molecule has 4 nitrogen and oxygen atoms in total. The summed E-state index contributed by atoms with van der Waals surface area (Å²) in [5.41, 5.74) is 1.36. The number of benzene rings is 1. The van der Waals surface area contributed by atoms with Crippen molar-refractivity contribution in [3.8, 4) is 0 Å². The zero-order valence-corrected chi connectivity index (χ0v) is 18.5. The molecule has 2 aliphatic heterocycles. The molecule has 1 aromatic heterocycles. The van der Waals surface area contributed by atoms with E-state index in [9.17, 15) is 0 Å². The van der Waals surface area contributed by atoms with Crippen LogP contribution in [0.3, 0.4) is 0 Å². The van der Waals surface area contributed by atoms with Gasteiger partial charge in [0.2, 0.25) is 0 Å². The number of rotatable bonds is 5. The van der Waals surface area contributed by atoms with Crippen molar-refractivity contribution in [3.05, 3.63) is 30.0 Å². The second-order valence-corrected chi connectivity index (χ2v) is 8.47. The maximum Gasteiger partial charge on any atom is 0.494 e. The number of hydrogen-bond donors (Lipinski definition) is 0. The largest absolute Gasteiger partial charge is 0.494 e. The number of likely N-dealkylation sites (tertiary alicyclic amines) is 1. The van der Waals surface area contributed by atoms with E-state index in [1.54, 1.807) is 0 Å². The standard InChI is InChI=1S/C21H30BNO3.C2H6/c1-5-21(4)20(2,3)25-22(26-21)17-9-8-16-14-18(24-19(16)15-17)10-13-23-11-6-7-12-23;1-2/h8-9,14-15H,5-7,10-13H2,1-4H3;1-2H3. The Hall–Kier alpha value is -1.30. The first-order valence-corrected chi connectivity index (χ1v) is 11.0. The average Bonchev–Trinajstić information content (AvgIpc) is 3.39. The lowest BCUT2D eigenvalue weighted by atomic mass is 9.79. The number of fused-ring (bicyclic) bond motifs is 1. The molecule has 2 aliphatic rings. The van der Waals surface area contributed by atoms with Gasteiger partial charge in [-0.15, -0.1) is 0 Å². The summed E-state index contributed by atoms with van der Waals surface area (Å²) in [6.45, 7) is 16.0. The van der Waals surface area contributed by atoms with E-state index in [2.05, 4.69) is 56.9 Å². The maximum absolute atomic E-state index is 6.30. The highest BCUT2D eigenvalue weighted by atomic mass is 16.7. The number of hydrogen-bond acceptors (Lipinski definition) is 4. The smallest absolute Gasteiger partial charge is 0.461 e. The predicted octanol–water partition coefficient (Wildman–Crippen LogP) is 4.79. The quantitative estimate of drug-likeness (QED) is 0.694. The Bertz CT molecular complexity index is 781. The van der Waals surface area contributed by atoms with Gasteiger partial charge in [-0.2, -0.15) is 0 Å². The van der Waals surface area contributed by atoms with Crippen molar-refractivity contribution in [2.45, 2.75) is 78.4 Å². The molecule has 0 saturated carbocycles. The molecule has 5 heteroatoms. The molecular formula is C23H36BNO3. The third-order valence-corrected chi connectivity index (χ3v) is 6.46. The molecule has 0 aliphatic carbocycles. The van der Waals surface area contributed by atoms with Gasteiger partial charge < -0.3 is 18.6 Å². The molecule has 0 bridgehead atoms. The molecule has 1 unspecified atom stereocenters. The van der Waals surface area contributed by atoms with Crippen LogP contribution in [-0.4, -0.2) is 42.9 Å². The summed E-state index contributed by atoms with van der Waals surface area (Å²) in [6.07, 6.45) is 4.55. The molecule has 3 heterocycles. The van der Waals surface area contributed by atoms with Gasteiger partial charge >= 0.3 is 7.12 Å². The van der Waals surface area contributed by atoms with Crippen molar-refractivity contribution < 1.29 is 13.7 Å². The monoisotopic (exact) mass is 385 g/mol. The van der Waals surface area contributed by atoms with Crippen LogP contribution in [0, 0.1) is 0 Å². The Kier molecular flexibility index (Phi) is 6.58. The van der Waals surface area contributed by atoms with E-state index in [4.69, 9.17) is 13.7 Å². The second kappa shape index (κ2) is 8.60. The van der Waals surface area contributed by atoms with Crippen LogP contribution in [0.1, 0.15) is 66.6 Å². The van der Waals surface area contributed by atoms with Gasteiger partial charge in [-0.1, -0.05) is 32.9 Å². The van der Waals surface area contributed by atoms with Crippen molar-refractivity contribution in [2.75, 3.05) is 19.6 Å². The first-order chi connectivity index (χ1) is 13.4. The Morgan fingerprint density at radius 2 is 1.75 bits per heavy atom. The van der Waals surface area contributed by atoms with Crippen LogP contribution in [0.5, 0.6) is 0 Å². The molecule has 4 rings (SSSR count). The molecule has 0 amide bonds. The van der Waals surface area contributed by atoms with Crippen molar-refractivity contribution in [3.63, 3.8) is 0 Å². The fraction of sp³-hybridized carbons (Fsp3) is 0.652. The fourth-order valence-corrected chi connectivity index (χ4v) is 4.09. The van der Waals surface area contributed by atoms with Crippen LogP contribution in [0.4, 0.5) is 0 Å². The molecular weight excluding hydrogens is 349 g/mol. The van der Waals surface area contributed by atoms with Crippen LogP contribution < -0.4 is 5.46 Å². The zero-order valence-electron chi connectivity index (χ0n) is 18.5. The van der Waals surface area contributed by atoms with Gasteiger partial charge in [0.05, 0.1) is 11.2 Å². The summed E-state index contributed by atoms with van der Waals surface area (Å²) >= 11 is 0. The Morgan fingerprint density at radius 3 is 2.39 bits per heavy atom. The third-order valence-electron chi connectivity index (χ3n) is 6.46. The van der Waals surface area contributed by atoms with Gasteiger partial charge in [0, 0.05) is 18.4 Å².